The van der Waals surface area contributed by atoms with E-state index in [1.165, 1.54) is 0 Å². The van der Waals surface area contributed by atoms with E-state index < -0.39 is 17.8 Å². The average Bonchev–Trinajstić information content (AvgIpc) is 3.19. The largest absolute Gasteiger partial charge is 0.497 e. The minimum atomic E-state index is -0.724. The van der Waals surface area contributed by atoms with Crippen molar-refractivity contribution in [1.29, 1.82) is 0 Å². The van der Waals surface area contributed by atoms with Crippen molar-refractivity contribution in [2.75, 3.05) is 20.8 Å². The number of methoxy groups -OCH3 is 1. The van der Waals surface area contributed by atoms with Crippen LogP contribution in [0.25, 0.3) is 0 Å². The van der Waals surface area contributed by atoms with Gasteiger partial charge in [0.2, 0.25) is 0 Å². The molecular formula is C18H23N3O4. The molecule has 1 heterocycles. The van der Waals surface area contributed by atoms with Crippen LogP contribution in [0.2, 0.25) is 0 Å². The molecule has 25 heavy (non-hydrogen) atoms. The molecule has 1 aromatic carbocycles. The summed E-state index contributed by atoms with van der Waals surface area (Å²) in [7, 11) is 3.42. The molecule has 1 saturated heterocycles. The Bertz CT molecular complexity index is 667. The van der Waals surface area contributed by atoms with Crippen LogP contribution in [0, 0.1) is 0 Å². The highest BCUT2D eigenvalue weighted by Gasteiger charge is 2.48. The standard InChI is InChI=1S/C18H23N3O4/c1-19(11-13-7-9-15(25-2)10-8-13)12-20-16(22)17(23)21(18(20)24)14-5-3-4-6-14/h7-10,14H,3-6,11-12H2,1-2H3. The molecule has 0 atom stereocenters. The molecule has 0 aromatic heterocycles. The number of hydrogen-bond donors (Lipinski definition) is 0. The summed E-state index contributed by atoms with van der Waals surface area (Å²) in [5, 5.41) is 0. The molecule has 2 aliphatic rings. The first-order valence-electron chi connectivity index (χ1n) is 8.51. The summed E-state index contributed by atoms with van der Waals surface area (Å²) >= 11 is 0. The zero-order valence-corrected chi connectivity index (χ0v) is 14.6. The van der Waals surface area contributed by atoms with Crippen molar-refractivity contribution in [2.45, 2.75) is 38.3 Å². The zero-order valence-electron chi connectivity index (χ0n) is 14.6. The number of carbonyl (C=O) groups excluding carboxylic acids is 3. The maximum atomic E-state index is 12.6. The van der Waals surface area contributed by atoms with Gasteiger partial charge in [0.15, 0.2) is 0 Å². The van der Waals surface area contributed by atoms with Crippen LogP contribution >= 0.6 is 0 Å². The fourth-order valence-electron chi connectivity index (χ4n) is 3.47. The quantitative estimate of drug-likeness (QED) is 0.581. The van der Waals surface area contributed by atoms with Crippen LogP contribution in [0.15, 0.2) is 24.3 Å². The van der Waals surface area contributed by atoms with Gasteiger partial charge in [-0.3, -0.25) is 19.4 Å². The maximum absolute atomic E-state index is 12.6. The van der Waals surface area contributed by atoms with E-state index in [4.69, 9.17) is 4.74 Å². The van der Waals surface area contributed by atoms with Gasteiger partial charge in [-0.1, -0.05) is 25.0 Å². The second-order valence-electron chi connectivity index (χ2n) is 6.63. The van der Waals surface area contributed by atoms with Gasteiger partial charge in [0.1, 0.15) is 5.75 Å². The van der Waals surface area contributed by atoms with Crippen LogP contribution in [0.5, 0.6) is 5.75 Å². The predicted molar refractivity (Wildman–Crippen MR) is 90.7 cm³/mol. The molecule has 7 nitrogen and oxygen atoms in total. The summed E-state index contributed by atoms with van der Waals surface area (Å²) in [6, 6.07) is 6.98. The molecule has 0 N–H and O–H groups in total. The van der Waals surface area contributed by atoms with E-state index in [2.05, 4.69) is 0 Å². The lowest BCUT2D eigenvalue weighted by Gasteiger charge is -2.24. The van der Waals surface area contributed by atoms with Crippen LogP contribution in [0.3, 0.4) is 0 Å². The van der Waals surface area contributed by atoms with E-state index in [1.807, 2.05) is 36.2 Å². The number of ether oxygens (including phenoxy) is 1. The summed E-state index contributed by atoms with van der Waals surface area (Å²) in [5.41, 5.74) is 1.03. The van der Waals surface area contributed by atoms with Gasteiger partial charge in [0, 0.05) is 12.6 Å². The first-order chi connectivity index (χ1) is 12.0. The van der Waals surface area contributed by atoms with Gasteiger partial charge in [0.05, 0.1) is 13.8 Å². The summed E-state index contributed by atoms with van der Waals surface area (Å²) in [5.74, 6) is -0.637. The first-order valence-corrected chi connectivity index (χ1v) is 8.51. The van der Waals surface area contributed by atoms with Crippen LogP contribution in [0.1, 0.15) is 31.2 Å². The number of rotatable bonds is 6. The molecule has 2 fully saturated rings. The van der Waals surface area contributed by atoms with Crippen molar-refractivity contribution in [2.24, 2.45) is 0 Å². The number of nitrogens with zero attached hydrogens (tertiary/aromatic N) is 3. The highest BCUT2D eigenvalue weighted by molar-refractivity contribution is 6.44. The van der Waals surface area contributed by atoms with Crippen molar-refractivity contribution >= 4 is 17.8 Å². The van der Waals surface area contributed by atoms with Gasteiger partial charge in [-0.2, -0.15) is 0 Å². The van der Waals surface area contributed by atoms with Crippen molar-refractivity contribution in [3.05, 3.63) is 29.8 Å². The topological polar surface area (TPSA) is 70.2 Å². The molecule has 0 radical (unpaired) electrons. The molecule has 7 heteroatoms. The molecule has 3 rings (SSSR count). The monoisotopic (exact) mass is 345 g/mol. The lowest BCUT2D eigenvalue weighted by atomic mass is 10.2. The Kier molecular flexibility index (Phi) is 5.03. The molecule has 1 aliphatic heterocycles. The molecule has 1 aromatic rings. The van der Waals surface area contributed by atoms with Crippen LogP contribution < -0.4 is 4.74 Å². The van der Waals surface area contributed by atoms with E-state index in [-0.39, 0.29) is 12.7 Å². The van der Waals surface area contributed by atoms with E-state index in [1.54, 1.807) is 7.11 Å². The van der Waals surface area contributed by atoms with Gasteiger partial charge in [0.25, 0.3) is 0 Å². The Balaban J connectivity index is 1.63. The third-order valence-corrected chi connectivity index (χ3v) is 4.77. The molecule has 1 aliphatic carbocycles. The van der Waals surface area contributed by atoms with E-state index in [9.17, 15) is 14.4 Å². The normalized spacial score (nSPS) is 18.8. The van der Waals surface area contributed by atoms with Gasteiger partial charge < -0.3 is 4.74 Å². The Labute approximate surface area is 147 Å². The number of urea groups is 1. The van der Waals surface area contributed by atoms with Crippen LogP contribution in [-0.4, -0.2) is 59.4 Å². The second kappa shape index (κ2) is 7.23. The minimum absolute atomic E-state index is 0.0959. The van der Waals surface area contributed by atoms with Crippen molar-refractivity contribution in [1.82, 2.24) is 14.7 Å². The number of hydrogen-bond acceptors (Lipinski definition) is 5. The first kappa shape index (κ1) is 17.4. The molecule has 0 bridgehead atoms. The molecule has 134 valence electrons. The summed E-state index contributed by atoms with van der Waals surface area (Å²) in [6.07, 6.45) is 3.57. The van der Waals surface area contributed by atoms with E-state index in [0.717, 1.165) is 46.8 Å². The van der Waals surface area contributed by atoms with Crippen molar-refractivity contribution in [3.63, 3.8) is 0 Å². The fraction of sp³-hybridized carbons (Fsp3) is 0.500. The zero-order chi connectivity index (χ0) is 18.0. The van der Waals surface area contributed by atoms with Gasteiger partial charge in [-0.05, 0) is 37.6 Å². The highest BCUT2D eigenvalue weighted by atomic mass is 16.5. The second-order valence-corrected chi connectivity index (χ2v) is 6.63. The number of carbonyl (C=O) groups is 3. The molecule has 0 unspecified atom stereocenters. The molecular weight excluding hydrogens is 322 g/mol. The Morgan fingerprint density at radius 2 is 1.72 bits per heavy atom. The number of amides is 4. The van der Waals surface area contributed by atoms with E-state index in [0.29, 0.717) is 6.54 Å². The molecule has 4 amide bonds. The smallest absolute Gasteiger partial charge is 0.335 e. The molecule has 0 spiro atoms. The van der Waals surface area contributed by atoms with Crippen molar-refractivity contribution in [3.8, 4) is 5.75 Å². The third-order valence-electron chi connectivity index (χ3n) is 4.77. The Morgan fingerprint density at radius 1 is 1.08 bits per heavy atom. The number of imide groups is 2. The summed E-state index contributed by atoms with van der Waals surface area (Å²) in [6.45, 7) is 0.650. The van der Waals surface area contributed by atoms with Gasteiger partial charge >= 0.3 is 17.8 Å². The lowest BCUT2D eigenvalue weighted by Crippen LogP contribution is -2.42. The summed E-state index contributed by atoms with van der Waals surface area (Å²) < 4.78 is 5.13. The van der Waals surface area contributed by atoms with Crippen LogP contribution in [0.4, 0.5) is 4.79 Å². The number of benzene rings is 1. The predicted octanol–water partition coefficient (Wildman–Crippen LogP) is 1.82. The maximum Gasteiger partial charge on any atom is 0.335 e. The highest BCUT2D eigenvalue weighted by Crippen LogP contribution is 2.27. The fourth-order valence-corrected chi connectivity index (χ4v) is 3.47. The van der Waals surface area contributed by atoms with E-state index >= 15 is 0 Å². The van der Waals surface area contributed by atoms with Gasteiger partial charge in [-0.25, -0.2) is 9.69 Å². The van der Waals surface area contributed by atoms with Gasteiger partial charge in [-0.15, -0.1) is 0 Å². The molecule has 1 saturated carbocycles. The van der Waals surface area contributed by atoms with Crippen LogP contribution in [-0.2, 0) is 16.1 Å². The third kappa shape index (κ3) is 3.51. The summed E-state index contributed by atoms with van der Waals surface area (Å²) in [4.78, 5) is 41.0. The van der Waals surface area contributed by atoms with Crippen molar-refractivity contribution < 1.29 is 19.1 Å². The lowest BCUT2D eigenvalue weighted by molar-refractivity contribution is -0.144. The average molecular weight is 345 g/mol. The Morgan fingerprint density at radius 3 is 2.32 bits per heavy atom. The minimum Gasteiger partial charge on any atom is -0.497 e. The SMILES string of the molecule is COc1ccc(CN(C)CN2C(=O)C(=O)N(C3CCCC3)C2=O)cc1. The Hall–Kier alpha value is -2.41.